The van der Waals surface area contributed by atoms with Gasteiger partial charge in [0, 0.05) is 13.6 Å². The Morgan fingerprint density at radius 3 is 2.40 bits per heavy atom. The van der Waals surface area contributed by atoms with Crippen molar-refractivity contribution in [3.8, 4) is 0 Å². The van der Waals surface area contributed by atoms with Crippen LogP contribution in [0.25, 0.3) is 0 Å². The molecule has 0 aromatic heterocycles. The molecule has 0 saturated heterocycles. The molecular weight excluding hydrogens is 329 g/mol. The van der Waals surface area contributed by atoms with Gasteiger partial charge in [0.15, 0.2) is 0 Å². The van der Waals surface area contributed by atoms with E-state index in [1.54, 1.807) is 0 Å². The van der Waals surface area contributed by atoms with E-state index in [0.717, 1.165) is 16.4 Å². The van der Waals surface area contributed by atoms with Gasteiger partial charge in [-0.1, -0.05) is 23.2 Å². The first-order valence-electron chi connectivity index (χ1n) is 5.44. The van der Waals surface area contributed by atoms with Crippen molar-refractivity contribution in [3.05, 3.63) is 27.7 Å². The summed E-state index contributed by atoms with van der Waals surface area (Å²) in [7, 11) is -2.76. The lowest BCUT2D eigenvalue weighted by atomic mass is 10.2. The summed E-state index contributed by atoms with van der Waals surface area (Å²) in [5.41, 5.74) is -0.472. The highest BCUT2D eigenvalue weighted by molar-refractivity contribution is 7.89. The number of aliphatic hydroxyl groups excluding tert-OH is 1. The molecule has 2 N–H and O–H groups in total. The maximum absolute atomic E-state index is 12.3. The lowest BCUT2D eigenvalue weighted by molar-refractivity contribution is 0.0697. The third-order valence-electron chi connectivity index (χ3n) is 2.48. The fourth-order valence-corrected chi connectivity index (χ4v) is 3.71. The minimum absolute atomic E-state index is 0.149. The van der Waals surface area contributed by atoms with Crippen molar-refractivity contribution in [2.45, 2.75) is 17.9 Å². The van der Waals surface area contributed by atoms with Gasteiger partial charge in [-0.3, -0.25) is 0 Å². The van der Waals surface area contributed by atoms with Crippen molar-refractivity contribution in [2.24, 2.45) is 0 Å². The summed E-state index contributed by atoms with van der Waals surface area (Å²) in [6.07, 6.45) is -0.875. The van der Waals surface area contributed by atoms with Crippen molar-refractivity contribution in [1.29, 1.82) is 0 Å². The van der Waals surface area contributed by atoms with Crippen LogP contribution in [-0.4, -0.2) is 48.6 Å². The van der Waals surface area contributed by atoms with Gasteiger partial charge in [0.25, 0.3) is 0 Å². The molecule has 0 saturated carbocycles. The predicted molar refractivity (Wildman–Crippen MR) is 74.9 cm³/mol. The monoisotopic (exact) mass is 341 g/mol. The Hall–Kier alpha value is -0.860. The summed E-state index contributed by atoms with van der Waals surface area (Å²) in [4.78, 5) is 10.7. The molecule has 0 aliphatic carbocycles. The van der Waals surface area contributed by atoms with E-state index >= 15 is 0 Å². The molecule has 1 aromatic rings. The molecule has 1 rings (SSSR count). The molecular formula is C11H13Cl2NO5S. The van der Waals surface area contributed by atoms with Crippen molar-refractivity contribution < 1.29 is 23.4 Å². The first-order valence-corrected chi connectivity index (χ1v) is 7.64. The topological polar surface area (TPSA) is 94.9 Å². The lowest BCUT2D eigenvalue weighted by Crippen LogP contribution is -2.33. The summed E-state index contributed by atoms with van der Waals surface area (Å²) in [5.74, 6) is -1.42. The third-order valence-corrected chi connectivity index (χ3v) is 5.16. The number of carbonyl (C=O) groups is 1. The number of aromatic carboxylic acids is 1. The minimum atomic E-state index is -4.02. The second-order valence-corrected chi connectivity index (χ2v) is 6.97. The third kappa shape index (κ3) is 3.42. The van der Waals surface area contributed by atoms with E-state index in [1.807, 2.05) is 0 Å². The molecule has 9 heteroatoms. The summed E-state index contributed by atoms with van der Waals surface area (Å²) in [6, 6.07) is 2.28. The number of nitrogens with zero attached hydrogens (tertiary/aromatic N) is 1. The standard InChI is InChI=1S/C11H13Cl2NO5S/c1-6(15)5-14(2)20(18,19)8-4-3-7(12)9(10(8)13)11(16)17/h3-4,6,15H,5H2,1-2H3,(H,16,17). The van der Waals surface area contributed by atoms with Gasteiger partial charge >= 0.3 is 5.97 Å². The van der Waals surface area contributed by atoms with Crippen LogP contribution in [0.4, 0.5) is 0 Å². The van der Waals surface area contributed by atoms with Gasteiger partial charge < -0.3 is 10.2 Å². The average molecular weight is 342 g/mol. The summed E-state index contributed by atoms with van der Waals surface area (Å²) >= 11 is 11.5. The Labute approximate surface area is 126 Å². The molecule has 0 amide bonds. The van der Waals surface area contributed by atoms with E-state index in [-0.39, 0.29) is 16.5 Å². The highest BCUT2D eigenvalue weighted by Gasteiger charge is 2.28. The van der Waals surface area contributed by atoms with E-state index in [0.29, 0.717) is 0 Å². The molecule has 0 spiro atoms. The zero-order valence-electron chi connectivity index (χ0n) is 10.7. The SMILES string of the molecule is CC(O)CN(C)S(=O)(=O)c1ccc(Cl)c(C(=O)O)c1Cl. The van der Waals surface area contributed by atoms with Crippen LogP contribution in [0, 0.1) is 0 Å². The zero-order chi connectivity index (χ0) is 15.7. The van der Waals surface area contributed by atoms with Crippen molar-refractivity contribution in [1.82, 2.24) is 4.31 Å². The number of likely N-dealkylation sites (N-methyl/N-ethyl adjacent to an activating group) is 1. The molecule has 112 valence electrons. The van der Waals surface area contributed by atoms with Crippen LogP contribution in [0.3, 0.4) is 0 Å². The van der Waals surface area contributed by atoms with E-state index in [4.69, 9.17) is 28.3 Å². The number of hydrogen-bond acceptors (Lipinski definition) is 4. The Bertz CT molecular complexity index is 630. The second kappa shape index (κ2) is 6.28. The molecule has 6 nitrogen and oxygen atoms in total. The molecule has 0 heterocycles. The highest BCUT2D eigenvalue weighted by Crippen LogP contribution is 2.32. The van der Waals surface area contributed by atoms with Crippen LogP contribution < -0.4 is 0 Å². The highest BCUT2D eigenvalue weighted by atomic mass is 35.5. The van der Waals surface area contributed by atoms with Gasteiger partial charge in [0.05, 0.1) is 21.7 Å². The number of rotatable bonds is 5. The lowest BCUT2D eigenvalue weighted by Gasteiger charge is -2.20. The largest absolute Gasteiger partial charge is 0.478 e. The normalized spacial score (nSPS) is 13.5. The fraction of sp³-hybridized carbons (Fsp3) is 0.364. The molecule has 0 bridgehead atoms. The van der Waals surface area contributed by atoms with Crippen LogP contribution in [0.1, 0.15) is 17.3 Å². The maximum Gasteiger partial charge on any atom is 0.338 e. The van der Waals surface area contributed by atoms with E-state index in [1.165, 1.54) is 14.0 Å². The first-order chi connectivity index (χ1) is 9.09. The van der Waals surface area contributed by atoms with E-state index in [9.17, 15) is 18.3 Å². The molecule has 1 atom stereocenters. The van der Waals surface area contributed by atoms with Crippen LogP contribution >= 0.6 is 23.2 Å². The molecule has 20 heavy (non-hydrogen) atoms. The van der Waals surface area contributed by atoms with Gasteiger partial charge in [-0.25, -0.2) is 13.2 Å². The van der Waals surface area contributed by atoms with Crippen LogP contribution in [-0.2, 0) is 10.0 Å². The van der Waals surface area contributed by atoms with Crippen LogP contribution in [0.5, 0.6) is 0 Å². The number of hydrogen-bond donors (Lipinski definition) is 2. The van der Waals surface area contributed by atoms with Crippen LogP contribution in [0.15, 0.2) is 17.0 Å². The molecule has 0 aliphatic heterocycles. The number of carboxylic acid groups (broad SMARTS) is 1. The maximum atomic E-state index is 12.3. The first kappa shape index (κ1) is 17.2. The predicted octanol–water partition coefficient (Wildman–Crippen LogP) is 1.69. The Balaban J connectivity index is 3.41. The minimum Gasteiger partial charge on any atom is -0.478 e. The van der Waals surface area contributed by atoms with E-state index < -0.39 is 32.7 Å². The molecule has 1 unspecified atom stereocenters. The number of carboxylic acids is 1. The molecule has 0 fully saturated rings. The molecule has 0 aliphatic rings. The van der Waals surface area contributed by atoms with Gasteiger partial charge in [0.2, 0.25) is 10.0 Å². The Morgan fingerprint density at radius 1 is 1.40 bits per heavy atom. The number of aliphatic hydroxyl groups is 1. The average Bonchev–Trinajstić information content (AvgIpc) is 2.26. The van der Waals surface area contributed by atoms with Crippen LogP contribution in [0.2, 0.25) is 10.0 Å². The molecule has 1 aromatic carbocycles. The van der Waals surface area contributed by atoms with Gasteiger partial charge in [0.1, 0.15) is 4.90 Å². The molecule has 0 radical (unpaired) electrons. The van der Waals surface area contributed by atoms with Gasteiger partial charge in [-0.05, 0) is 19.1 Å². The summed E-state index contributed by atoms with van der Waals surface area (Å²) < 4.78 is 25.4. The number of benzene rings is 1. The number of halogens is 2. The quantitative estimate of drug-likeness (QED) is 0.849. The van der Waals surface area contributed by atoms with Gasteiger partial charge in [-0.15, -0.1) is 0 Å². The zero-order valence-corrected chi connectivity index (χ0v) is 13.0. The number of sulfonamides is 1. The van der Waals surface area contributed by atoms with Crippen molar-refractivity contribution in [2.75, 3.05) is 13.6 Å². The fourth-order valence-electron chi connectivity index (χ4n) is 1.57. The van der Waals surface area contributed by atoms with E-state index in [2.05, 4.69) is 0 Å². The summed E-state index contributed by atoms with van der Waals surface area (Å²) in [6.45, 7) is 1.28. The van der Waals surface area contributed by atoms with Gasteiger partial charge in [-0.2, -0.15) is 4.31 Å². The Kier molecular flexibility index (Phi) is 5.39. The smallest absolute Gasteiger partial charge is 0.338 e. The van der Waals surface area contributed by atoms with Crippen molar-refractivity contribution in [3.63, 3.8) is 0 Å². The second-order valence-electron chi connectivity index (χ2n) is 4.17. The van der Waals surface area contributed by atoms with Crippen molar-refractivity contribution >= 4 is 39.2 Å². The Morgan fingerprint density at radius 2 is 1.95 bits per heavy atom. The summed E-state index contributed by atoms with van der Waals surface area (Å²) in [5, 5.41) is 17.6.